The Morgan fingerprint density at radius 2 is 2.06 bits per heavy atom. The van der Waals surface area contributed by atoms with Crippen molar-refractivity contribution in [3.8, 4) is 0 Å². The molecule has 16 heavy (non-hydrogen) atoms. The molecule has 0 radical (unpaired) electrons. The van der Waals surface area contributed by atoms with Crippen molar-refractivity contribution in [2.45, 2.75) is 39.7 Å². The Hall–Kier alpha value is -0.870. The minimum atomic E-state index is 0.251. The van der Waals surface area contributed by atoms with Gasteiger partial charge in [-0.3, -0.25) is 4.68 Å². The summed E-state index contributed by atoms with van der Waals surface area (Å²) in [6.07, 6.45) is 2.80. The number of aryl methyl sites for hydroxylation is 2. The summed E-state index contributed by atoms with van der Waals surface area (Å²) in [4.78, 5) is 0. The highest BCUT2D eigenvalue weighted by molar-refractivity contribution is 5.26. The van der Waals surface area contributed by atoms with Crippen LogP contribution in [0.25, 0.3) is 0 Å². The fraction of sp³-hybridized carbons (Fsp3) is 0.750. The summed E-state index contributed by atoms with van der Waals surface area (Å²) < 4.78 is 1.99. The summed E-state index contributed by atoms with van der Waals surface area (Å²) >= 11 is 0. The van der Waals surface area contributed by atoms with Crippen molar-refractivity contribution in [1.29, 1.82) is 0 Å². The molecule has 0 saturated heterocycles. The smallest absolute Gasteiger partial charge is 0.0669 e. The predicted molar refractivity (Wildman–Crippen MR) is 65.4 cm³/mol. The molecule has 0 aliphatic heterocycles. The van der Waals surface area contributed by atoms with Gasteiger partial charge >= 0.3 is 0 Å². The lowest BCUT2D eigenvalue weighted by Crippen LogP contribution is -2.17. The van der Waals surface area contributed by atoms with Gasteiger partial charge in [0.2, 0.25) is 0 Å². The van der Waals surface area contributed by atoms with Crippen LogP contribution in [-0.4, -0.2) is 28.0 Å². The zero-order valence-electron chi connectivity index (χ0n) is 10.6. The third-order valence-corrected chi connectivity index (χ3v) is 2.84. The van der Waals surface area contributed by atoms with Gasteiger partial charge in [0.25, 0.3) is 0 Å². The second-order valence-corrected chi connectivity index (χ2v) is 3.96. The Balaban J connectivity index is 2.68. The molecule has 0 aliphatic rings. The van der Waals surface area contributed by atoms with E-state index in [1.54, 1.807) is 0 Å². The molecule has 1 heterocycles. The molecule has 0 spiro atoms. The van der Waals surface area contributed by atoms with E-state index in [0.717, 1.165) is 32.4 Å². The van der Waals surface area contributed by atoms with Gasteiger partial charge in [0, 0.05) is 31.5 Å². The van der Waals surface area contributed by atoms with E-state index in [2.05, 4.69) is 24.3 Å². The molecule has 0 amide bonds. The standard InChI is InChI=1S/C12H23N3O/c1-4-11-10(9-13-7-6-8-16)12(5-2)15(3)14-11/h13,16H,4-9H2,1-3H3. The number of aliphatic hydroxyl groups excluding tert-OH is 1. The zero-order valence-corrected chi connectivity index (χ0v) is 10.6. The first-order valence-corrected chi connectivity index (χ1v) is 6.09. The summed E-state index contributed by atoms with van der Waals surface area (Å²) in [7, 11) is 2.01. The SMILES string of the molecule is CCc1nn(C)c(CC)c1CNCCCO. The average molecular weight is 225 g/mol. The number of nitrogens with one attached hydrogen (secondary N) is 1. The van der Waals surface area contributed by atoms with Crippen LogP contribution in [0.1, 0.15) is 37.2 Å². The third kappa shape index (κ3) is 3.06. The van der Waals surface area contributed by atoms with Gasteiger partial charge in [-0.2, -0.15) is 5.10 Å². The van der Waals surface area contributed by atoms with E-state index in [-0.39, 0.29) is 6.61 Å². The molecule has 0 aliphatic carbocycles. The van der Waals surface area contributed by atoms with Gasteiger partial charge in [0.15, 0.2) is 0 Å². The molecule has 1 rings (SSSR count). The summed E-state index contributed by atoms with van der Waals surface area (Å²) in [6.45, 7) is 6.27. The van der Waals surface area contributed by atoms with Gasteiger partial charge in [-0.15, -0.1) is 0 Å². The number of hydrogen-bond donors (Lipinski definition) is 2. The van der Waals surface area contributed by atoms with Crippen LogP contribution in [0.15, 0.2) is 0 Å². The van der Waals surface area contributed by atoms with Crippen LogP contribution in [0, 0.1) is 0 Å². The van der Waals surface area contributed by atoms with E-state index in [1.165, 1.54) is 17.0 Å². The monoisotopic (exact) mass is 225 g/mol. The summed E-state index contributed by atoms with van der Waals surface area (Å²) in [5.41, 5.74) is 3.84. The van der Waals surface area contributed by atoms with Gasteiger partial charge < -0.3 is 10.4 Å². The Bertz CT molecular complexity index is 320. The van der Waals surface area contributed by atoms with Crippen molar-refractivity contribution in [3.63, 3.8) is 0 Å². The van der Waals surface area contributed by atoms with Crippen molar-refractivity contribution in [2.75, 3.05) is 13.2 Å². The summed E-state index contributed by atoms with van der Waals surface area (Å²) in [6, 6.07) is 0. The van der Waals surface area contributed by atoms with Crippen molar-refractivity contribution in [1.82, 2.24) is 15.1 Å². The van der Waals surface area contributed by atoms with Crippen LogP contribution in [0.3, 0.4) is 0 Å². The number of nitrogens with zero attached hydrogens (tertiary/aromatic N) is 2. The minimum absolute atomic E-state index is 0.251. The van der Waals surface area contributed by atoms with E-state index in [0.29, 0.717) is 0 Å². The highest BCUT2D eigenvalue weighted by Gasteiger charge is 2.12. The minimum Gasteiger partial charge on any atom is -0.396 e. The number of rotatable bonds is 7. The maximum Gasteiger partial charge on any atom is 0.0669 e. The van der Waals surface area contributed by atoms with E-state index in [4.69, 9.17) is 5.11 Å². The highest BCUT2D eigenvalue weighted by Crippen LogP contribution is 2.14. The van der Waals surface area contributed by atoms with Crippen LogP contribution in [0.5, 0.6) is 0 Å². The van der Waals surface area contributed by atoms with Crippen LogP contribution < -0.4 is 5.32 Å². The third-order valence-electron chi connectivity index (χ3n) is 2.84. The number of aliphatic hydroxyl groups is 1. The summed E-state index contributed by atoms with van der Waals surface area (Å²) in [5, 5.41) is 16.6. The molecule has 0 unspecified atom stereocenters. The molecule has 0 aromatic carbocycles. The van der Waals surface area contributed by atoms with Crippen molar-refractivity contribution in [3.05, 3.63) is 17.0 Å². The Morgan fingerprint density at radius 3 is 2.62 bits per heavy atom. The topological polar surface area (TPSA) is 50.1 Å². The lowest BCUT2D eigenvalue weighted by molar-refractivity contribution is 0.286. The maximum absolute atomic E-state index is 8.71. The summed E-state index contributed by atoms with van der Waals surface area (Å²) in [5.74, 6) is 0. The molecule has 1 aromatic heterocycles. The van der Waals surface area contributed by atoms with Gasteiger partial charge in [-0.05, 0) is 25.8 Å². The lowest BCUT2D eigenvalue weighted by Gasteiger charge is -2.06. The Morgan fingerprint density at radius 1 is 1.31 bits per heavy atom. The van der Waals surface area contributed by atoms with E-state index < -0.39 is 0 Å². The highest BCUT2D eigenvalue weighted by atomic mass is 16.3. The quantitative estimate of drug-likeness (QED) is 0.681. The number of hydrogen-bond acceptors (Lipinski definition) is 3. The molecule has 92 valence electrons. The van der Waals surface area contributed by atoms with E-state index >= 15 is 0 Å². The molecule has 0 fully saturated rings. The molecule has 0 saturated carbocycles. The molecule has 4 nitrogen and oxygen atoms in total. The largest absolute Gasteiger partial charge is 0.396 e. The molecule has 4 heteroatoms. The number of aromatic nitrogens is 2. The first kappa shape index (κ1) is 13.2. The first-order valence-electron chi connectivity index (χ1n) is 6.09. The Labute approximate surface area is 97.7 Å². The molecule has 0 atom stereocenters. The van der Waals surface area contributed by atoms with Crippen molar-refractivity contribution in [2.24, 2.45) is 7.05 Å². The second-order valence-electron chi connectivity index (χ2n) is 3.96. The fourth-order valence-corrected chi connectivity index (χ4v) is 2.01. The maximum atomic E-state index is 8.71. The van der Waals surface area contributed by atoms with Gasteiger partial charge in [-0.1, -0.05) is 13.8 Å². The Kier molecular flexibility index (Phi) is 5.49. The van der Waals surface area contributed by atoms with E-state index in [9.17, 15) is 0 Å². The van der Waals surface area contributed by atoms with Crippen LogP contribution in [0.2, 0.25) is 0 Å². The fourth-order valence-electron chi connectivity index (χ4n) is 2.01. The van der Waals surface area contributed by atoms with Gasteiger partial charge in [0.05, 0.1) is 5.69 Å². The molecular weight excluding hydrogens is 202 g/mol. The zero-order chi connectivity index (χ0) is 12.0. The van der Waals surface area contributed by atoms with E-state index in [1.807, 2.05) is 11.7 Å². The van der Waals surface area contributed by atoms with Crippen LogP contribution in [0.4, 0.5) is 0 Å². The second kappa shape index (κ2) is 6.66. The normalized spacial score (nSPS) is 11.0. The van der Waals surface area contributed by atoms with Crippen molar-refractivity contribution >= 4 is 0 Å². The average Bonchev–Trinajstić information content (AvgIpc) is 2.60. The molecule has 1 aromatic rings. The molecule has 0 bridgehead atoms. The van der Waals surface area contributed by atoms with Crippen LogP contribution in [-0.2, 0) is 26.4 Å². The first-order chi connectivity index (χ1) is 7.74. The van der Waals surface area contributed by atoms with Gasteiger partial charge in [-0.25, -0.2) is 0 Å². The molecule has 2 N–H and O–H groups in total. The lowest BCUT2D eigenvalue weighted by atomic mass is 10.1. The van der Waals surface area contributed by atoms with Crippen LogP contribution >= 0.6 is 0 Å². The molecular formula is C12H23N3O. The van der Waals surface area contributed by atoms with Gasteiger partial charge in [0.1, 0.15) is 0 Å². The van der Waals surface area contributed by atoms with Crippen molar-refractivity contribution < 1.29 is 5.11 Å². The predicted octanol–water partition coefficient (Wildman–Crippen LogP) is 1.02.